The third-order valence-corrected chi connectivity index (χ3v) is 14.1. The van der Waals surface area contributed by atoms with Crippen LogP contribution in [0.2, 0.25) is 18.6 Å². The first-order valence-electron chi connectivity index (χ1n) is 18.4. The largest absolute Gasteiger partial charge is 0.394 e. The number of carbonyl (C=O) groups is 3. The highest BCUT2D eigenvalue weighted by Gasteiger charge is 2.67. The smallest absolute Gasteiger partial charge is 0.269 e. The van der Waals surface area contributed by atoms with Crippen LogP contribution >= 0.6 is 0 Å². The minimum Gasteiger partial charge on any atom is -0.394 e. The molecule has 3 amide bonds. The number of nitro benzene ring substituents is 1. The van der Waals surface area contributed by atoms with Crippen LogP contribution in [0.5, 0.6) is 0 Å². The van der Waals surface area contributed by atoms with E-state index < -0.39 is 48.4 Å². The first-order chi connectivity index (χ1) is 25.3. The predicted molar refractivity (Wildman–Crippen MR) is 199 cm³/mol. The predicted octanol–water partition coefficient (Wildman–Crippen LogP) is 5.19. The number of aliphatic hydroxyl groups is 1. The maximum Gasteiger partial charge on any atom is 0.269 e. The van der Waals surface area contributed by atoms with Gasteiger partial charge in [-0.3, -0.25) is 24.5 Å². The van der Waals surface area contributed by atoms with Crippen LogP contribution in [-0.4, -0.2) is 72.9 Å². The lowest BCUT2D eigenvalue weighted by Crippen LogP contribution is -2.48. The number of carbonyl (C=O) groups excluding carboxylic acids is 3. The van der Waals surface area contributed by atoms with Crippen molar-refractivity contribution in [2.45, 2.75) is 82.1 Å². The molecule has 1 unspecified atom stereocenters. The second-order valence-corrected chi connectivity index (χ2v) is 19.2. The number of nitrogens with one attached hydrogen (secondary N) is 2. The van der Waals surface area contributed by atoms with Gasteiger partial charge in [0.1, 0.15) is 0 Å². The van der Waals surface area contributed by atoms with E-state index in [1.807, 2.05) is 36.4 Å². The van der Waals surface area contributed by atoms with Crippen molar-refractivity contribution < 1.29 is 33.3 Å². The van der Waals surface area contributed by atoms with Crippen molar-refractivity contribution in [2.24, 2.45) is 11.8 Å². The number of halogens is 1. The molecule has 1 spiro atoms. The van der Waals surface area contributed by atoms with Crippen molar-refractivity contribution in [1.82, 2.24) is 10.2 Å². The number of piperidine rings is 1. The van der Waals surface area contributed by atoms with Gasteiger partial charge in [0, 0.05) is 47.9 Å². The number of aliphatic hydroxyl groups excluding tert-OH is 1. The SMILES string of the molecule is C[C@H]1[C@H]([Si](C)(C)F)[C@@H](CC(=O)N2Cc3ccccc3C[C@H]2CO)O[C@]12C(=O)N(Cc1ccc(NC(=O)C3CCCNC3)cc1)c1ccc([N+](=O)[O-])cc12. The molecule has 2 fully saturated rings. The van der Waals surface area contributed by atoms with Gasteiger partial charge < -0.3 is 34.4 Å². The summed E-state index contributed by atoms with van der Waals surface area (Å²) in [6.45, 7) is 6.51. The van der Waals surface area contributed by atoms with Gasteiger partial charge >= 0.3 is 0 Å². The molecule has 280 valence electrons. The van der Waals surface area contributed by atoms with Crippen molar-refractivity contribution in [3.8, 4) is 0 Å². The molecule has 0 aromatic heterocycles. The lowest BCUT2D eigenvalue weighted by molar-refractivity contribution is -0.385. The monoisotopic (exact) mass is 743 g/mol. The highest BCUT2D eigenvalue weighted by atomic mass is 28.4. The summed E-state index contributed by atoms with van der Waals surface area (Å²) in [6.07, 6.45) is 1.04. The molecule has 4 aliphatic heterocycles. The molecule has 4 heterocycles. The highest BCUT2D eigenvalue weighted by molar-refractivity contribution is 6.72. The molecular formula is C39H46FN5O7Si. The van der Waals surface area contributed by atoms with Gasteiger partial charge in [0.05, 0.1) is 48.2 Å². The van der Waals surface area contributed by atoms with E-state index >= 15 is 4.11 Å². The molecule has 12 nitrogen and oxygen atoms in total. The Morgan fingerprint density at radius 1 is 1.13 bits per heavy atom. The number of ether oxygens (including phenoxy) is 1. The number of anilines is 2. The van der Waals surface area contributed by atoms with Crippen LogP contribution in [0.15, 0.2) is 66.7 Å². The summed E-state index contributed by atoms with van der Waals surface area (Å²) in [6, 6.07) is 18.7. The molecule has 0 aliphatic carbocycles. The number of nitro groups is 1. The van der Waals surface area contributed by atoms with Crippen molar-refractivity contribution in [3.63, 3.8) is 0 Å². The van der Waals surface area contributed by atoms with E-state index in [1.54, 1.807) is 37.1 Å². The first kappa shape index (κ1) is 36.8. The van der Waals surface area contributed by atoms with Crippen molar-refractivity contribution >= 4 is 43.2 Å². The van der Waals surface area contributed by atoms with Crippen LogP contribution in [0.3, 0.4) is 0 Å². The molecular weight excluding hydrogens is 698 g/mol. The summed E-state index contributed by atoms with van der Waals surface area (Å²) in [5.41, 5.74) is 1.32. The maximum absolute atomic E-state index is 16.5. The van der Waals surface area contributed by atoms with Crippen LogP contribution in [0.4, 0.5) is 21.2 Å². The van der Waals surface area contributed by atoms with Gasteiger partial charge in [0.15, 0.2) is 5.60 Å². The number of rotatable bonds is 9. The second-order valence-electron chi connectivity index (χ2n) is 15.4. The summed E-state index contributed by atoms with van der Waals surface area (Å²) in [7, 11) is -3.65. The van der Waals surface area contributed by atoms with E-state index in [9.17, 15) is 29.6 Å². The fourth-order valence-electron chi connectivity index (χ4n) is 9.03. The number of hydrogen-bond donors (Lipinski definition) is 3. The number of non-ortho nitro benzene ring substituents is 1. The van der Waals surface area contributed by atoms with Gasteiger partial charge in [-0.05, 0) is 73.8 Å². The molecule has 0 radical (unpaired) electrons. The van der Waals surface area contributed by atoms with Gasteiger partial charge in [-0.1, -0.05) is 43.3 Å². The molecule has 0 saturated carbocycles. The number of nitrogens with zero attached hydrogens (tertiary/aromatic N) is 3. The molecule has 3 aromatic carbocycles. The van der Waals surface area contributed by atoms with Crippen molar-refractivity contribution in [3.05, 3.63) is 99.1 Å². The molecule has 0 bridgehead atoms. The number of fused-ring (bicyclic) bond motifs is 3. The Balaban J connectivity index is 1.18. The van der Waals surface area contributed by atoms with Gasteiger partial charge in [-0.25, -0.2) is 0 Å². The lowest BCUT2D eigenvalue weighted by Gasteiger charge is -2.37. The van der Waals surface area contributed by atoms with Gasteiger partial charge in [-0.15, -0.1) is 0 Å². The number of amides is 3. The molecule has 53 heavy (non-hydrogen) atoms. The van der Waals surface area contributed by atoms with E-state index in [2.05, 4.69) is 10.6 Å². The van der Waals surface area contributed by atoms with E-state index in [4.69, 9.17) is 4.74 Å². The second kappa shape index (κ2) is 14.4. The lowest BCUT2D eigenvalue weighted by atomic mass is 9.82. The third-order valence-electron chi connectivity index (χ3n) is 11.6. The van der Waals surface area contributed by atoms with E-state index in [-0.39, 0.29) is 55.1 Å². The first-order valence-corrected chi connectivity index (χ1v) is 21.3. The third kappa shape index (κ3) is 6.77. The summed E-state index contributed by atoms with van der Waals surface area (Å²) in [5, 5.41) is 28.5. The quantitative estimate of drug-likeness (QED) is 0.117. The Labute approximate surface area is 309 Å². The molecule has 3 aromatic rings. The minimum atomic E-state index is -3.65. The van der Waals surface area contributed by atoms with Crippen LogP contribution in [0, 0.1) is 22.0 Å². The van der Waals surface area contributed by atoms with Crippen molar-refractivity contribution in [2.75, 3.05) is 29.9 Å². The molecule has 4 aliphatic rings. The van der Waals surface area contributed by atoms with E-state index in [0.29, 0.717) is 24.3 Å². The minimum absolute atomic E-state index is 0.0524. The molecule has 7 rings (SSSR count). The zero-order chi connectivity index (χ0) is 37.7. The standard InChI is InChI=1S/C39H46FN5O7Si/c1-24-36(53(2,3)40)34(19-35(47)43-22-28-8-5-4-7-26(28)17-31(43)23-46)52-39(24)32-18-30(45(50)51)14-15-33(32)44(38(39)49)21-25-10-12-29(13-11-25)42-37(48)27-9-6-16-41-20-27/h4-5,7-8,10-15,18,24,27,31,34,36,41,46H,6,9,16-17,19-23H2,1-3H3,(H,42,48)/t24-,27?,31-,34+,36-,39+/m0/s1. The van der Waals surface area contributed by atoms with E-state index in [1.165, 1.54) is 23.1 Å². The van der Waals surface area contributed by atoms with Gasteiger partial charge in [0.2, 0.25) is 20.2 Å². The summed E-state index contributed by atoms with van der Waals surface area (Å²) >= 11 is 0. The number of benzene rings is 3. The van der Waals surface area contributed by atoms with Crippen LogP contribution < -0.4 is 15.5 Å². The highest BCUT2D eigenvalue weighted by Crippen LogP contribution is 2.60. The average Bonchev–Trinajstić information content (AvgIpc) is 3.57. The topological polar surface area (TPSA) is 154 Å². The van der Waals surface area contributed by atoms with Gasteiger partial charge in [0.25, 0.3) is 11.6 Å². The maximum atomic E-state index is 16.5. The Bertz CT molecular complexity index is 1920. The molecule has 14 heteroatoms. The summed E-state index contributed by atoms with van der Waals surface area (Å²) < 4.78 is 23.2. The zero-order valence-corrected chi connectivity index (χ0v) is 31.2. The van der Waals surface area contributed by atoms with Crippen LogP contribution in [0.25, 0.3) is 0 Å². The van der Waals surface area contributed by atoms with Crippen LogP contribution in [-0.2, 0) is 44.2 Å². The number of hydrogen-bond acceptors (Lipinski definition) is 8. The van der Waals surface area contributed by atoms with E-state index in [0.717, 1.165) is 36.1 Å². The summed E-state index contributed by atoms with van der Waals surface area (Å²) in [4.78, 5) is 56.3. The Hall–Kier alpha value is -4.50. The van der Waals surface area contributed by atoms with Crippen LogP contribution in [0.1, 0.15) is 48.4 Å². The van der Waals surface area contributed by atoms with Crippen molar-refractivity contribution in [1.29, 1.82) is 0 Å². The fraction of sp³-hybridized carbons (Fsp3) is 0.462. The Kier molecular flexibility index (Phi) is 10.00. The Morgan fingerprint density at radius 2 is 1.87 bits per heavy atom. The Morgan fingerprint density at radius 3 is 2.53 bits per heavy atom. The average molecular weight is 744 g/mol. The molecule has 3 N–H and O–H groups in total. The normalized spacial score (nSPS) is 26.7. The summed E-state index contributed by atoms with van der Waals surface area (Å²) in [5.74, 6) is -1.70. The molecule has 2 saturated heterocycles. The van der Waals surface area contributed by atoms with Gasteiger partial charge in [-0.2, -0.15) is 0 Å². The fourth-order valence-corrected chi connectivity index (χ4v) is 11.5. The zero-order valence-electron chi connectivity index (χ0n) is 30.2. The molecule has 6 atom stereocenters.